The lowest BCUT2D eigenvalue weighted by Gasteiger charge is -2.39. The molecule has 1 heteroatoms. The fourth-order valence-electron chi connectivity index (χ4n) is 8.26. The topological polar surface area (TPSA) is 12.4 Å². The predicted molar refractivity (Wildman–Crippen MR) is 217 cm³/mol. The normalized spacial score (nSPS) is 19.4. The van der Waals surface area contributed by atoms with Crippen molar-refractivity contribution < 1.29 is 0 Å². The van der Waals surface area contributed by atoms with E-state index in [1.54, 1.807) is 0 Å². The van der Waals surface area contributed by atoms with Crippen LogP contribution in [0.25, 0.3) is 39.0 Å². The molecule has 1 aliphatic carbocycles. The van der Waals surface area contributed by atoms with Gasteiger partial charge in [-0.25, -0.2) is 0 Å². The largest absolute Gasteiger partial charge is 0.269 e. The van der Waals surface area contributed by atoms with Gasteiger partial charge in [0, 0.05) is 18.3 Å². The van der Waals surface area contributed by atoms with E-state index < -0.39 is 0 Å². The molecule has 1 aliphatic heterocycles. The molecule has 0 amide bonds. The van der Waals surface area contributed by atoms with Crippen LogP contribution in [0.3, 0.4) is 0 Å². The van der Waals surface area contributed by atoms with E-state index in [0.717, 1.165) is 12.8 Å². The second-order valence-electron chi connectivity index (χ2n) is 13.6. The van der Waals surface area contributed by atoms with Gasteiger partial charge in [-0.05, 0) is 111 Å². The Morgan fingerprint density at radius 3 is 2.08 bits per heavy atom. The van der Waals surface area contributed by atoms with Crippen LogP contribution in [-0.2, 0) is 11.8 Å². The highest BCUT2D eigenvalue weighted by Gasteiger charge is 2.49. The summed E-state index contributed by atoms with van der Waals surface area (Å²) in [5, 5.41) is 0. The van der Waals surface area contributed by atoms with E-state index in [-0.39, 0.29) is 11.3 Å². The Morgan fingerprint density at radius 2 is 1.29 bits per heavy atom. The average Bonchev–Trinajstić information content (AvgIpc) is 3.48. The minimum absolute atomic E-state index is 0.136. The van der Waals surface area contributed by atoms with Gasteiger partial charge in [0.25, 0.3) is 0 Å². The molecule has 0 aromatic heterocycles. The standard InChI is InChI=1S/C50H41N/c1-3-15-44-35-51-31-14-16-36(2)50(44)48-26-11-10-25-46(48)47-30-28-42(34-49(47)50)40-22-12-21-39(32-40)41-23-13-24-43(33-41)45(38-19-8-5-9-20-38)29-27-37-17-6-4-7-18-37/h3-14,16-26,28-35,44H,1,15,27H2,2H3/b31-14-,36-16-,45-29-,51-35?. The van der Waals surface area contributed by atoms with Crippen LogP contribution >= 0.6 is 0 Å². The van der Waals surface area contributed by atoms with Crippen molar-refractivity contribution in [3.8, 4) is 33.4 Å². The molecule has 2 unspecified atom stereocenters. The van der Waals surface area contributed by atoms with Crippen LogP contribution in [0.5, 0.6) is 0 Å². The fourth-order valence-corrected chi connectivity index (χ4v) is 8.26. The molecule has 51 heavy (non-hydrogen) atoms. The molecule has 1 nitrogen and oxygen atoms in total. The summed E-state index contributed by atoms with van der Waals surface area (Å²) in [6.45, 7) is 6.44. The predicted octanol–water partition coefficient (Wildman–Crippen LogP) is 12.7. The quantitative estimate of drug-likeness (QED) is 0.145. The van der Waals surface area contributed by atoms with Gasteiger partial charge in [-0.3, -0.25) is 4.99 Å². The van der Waals surface area contributed by atoms with Crippen LogP contribution in [0, 0.1) is 5.92 Å². The monoisotopic (exact) mass is 655 g/mol. The summed E-state index contributed by atoms with van der Waals surface area (Å²) in [6, 6.07) is 55.4. The molecule has 0 fully saturated rings. The summed E-state index contributed by atoms with van der Waals surface area (Å²) < 4.78 is 0. The Balaban J connectivity index is 1.21. The first kappa shape index (κ1) is 32.2. The Kier molecular flexibility index (Phi) is 8.87. The van der Waals surface area contributed by atoms with Crippen molar-refractivity contribution in [1.82, 2.24) is 0 Å². The second kappa shape index (κ2) is 14.1. The zero-order chi connectivity index (χ0) is 34.6. The zero-order valence-corrected chi connectivity index (χ0v) is 29.0. The van der Waals surface area contributed by atoms with E-state index >= 15 is 0 Å². The molecular formula is C50H41N. The van der Waals surface area contributed by atoms with Gasteiger partial charge in [-0.15, -0.1) is 6.58 Å². The van der Waals surface area contributed by atoms with Gasteiger partial charge < -0.3 is 0 Å². The first-order valence-electron chi connectivity index (χ1n) is 17.9. The SMILES string of the molecule is C=CCC1C=N/C=C\C=C(\C)C12c1ccccc1-c1ccc(-c3cccc(-c4cccc(/C(=C\Cc5ccccc5)c5ccccc5)c4)c3)cc12. The summed E-state index contributed by atoms with van der Waals surface area (Å²) in [5.74, 6) is 0.136. The lowest BCUT2D eigenvalue weighted by molar-refractivity contribution is 0.485. The number of fused-ring (bicyclic) bond motifs is 5. The van der Waals surface area contributed by atoms with E-state index in [4.69, 9.17) is 4.99 Å². The van der Waals surface area contributed by atoms with Crippen LogP contribution in [-0.4, -0.2) is 6.21 Å². The third-order valence-corrected chi connectivity index (χ3v) is 10.6. The molecule has 2 aliphatic rings. The van der Waals surface area contributed by atoms with Crippen LogP contribution in [0.15, 0.2) is 199 Å². The molecule has 0 radical (unpaired) electrons. The molecule has 1 spiro atoms. The number of rotatable bonds is 8. The third kappa shape index (κ3) is 5.96. The summed E-state index contributed by atoms with van der Waals surface area (Å²) in [6.07, 6.45) is 14.5. The van der Waals surface area contributed by atoms with Crippen LogP contribution in [0.2, 0.25) is 0 Å². The van der Waals surface area contributed by atoms with Crippen molar-refractivity contribution in [2.45, 2.75) is 25.2 Å². The van der Waals surface area contributed by atoms with Gasteiger partial charge >= 0.3 is 0 Å². The third-order valence-electron chi connectivity index (χ3n) is 10.6. The lowest BCUT2D eigenvalue weighted by Crippen LogP contribution is -2.37. The van der Waals surface area contributed by atoms with Crippen molar-refractivity contribution in [3.63, 3.8) is 0 Å². The van der Waals surface area contributed by atoms with Crippen molar-refractivity contribution in [2.24, 2.45) is 10.9 Å². The smallest absolute Gasteiger partial charge is 0.0504 e. The van der Waals surface area contributed by atoms with E-state index in [1.807, 2.05) is 12.3 Å². The maximum atomic E-state index is 4.72. The number of nitrogens with zero attached hydrogens (tertiary/aromatic N) is 1. The maximum absolute atomic E-state index is 4.72. The van der Waals surface area contributed by atoms with Crippen LogP contribution < -0.4 is 0 Å². The molecule has 0 saturated carbocycles. The van der Waals surface area contributed by atoms with Crippen molar-refractivity contribution in [3.05, 3.63) is 222 Å². The van der Waals surface area contributed by atoms with Gasteiger partial charge in [0.1, 0.15) is 0 Å². The molecule has 0 N–H and O–H groups in total. The van der Waals surface area contributed by atoms with Gasteiger partial charge in [0.05, 0.1) is 5.41 Å². The van der Waals surface area contributed by atoms with Gasteiger partial charge in [0.2, 0.25) is 0 Å². The summed E-state index contributed by atoms with van der Waals surface area (Å²) in [5.41, 5.74) is 16.1. The van der Waals surface area contributed by atoms with E-state index in [2.05, 4.69) is 190 Å². The molecule has 246 valence electrons. The average molecular weight is 656 g/mol. The summed E-state index contributed by atoms with van der Waals surface area (Å²) >= 11 is 0. The number of benzene rings is 6. The summed E-state index contributed by atoms with van der Waals surface area (Å²) in [4.78, 5) is 4.72. The van der Waals surface area contributed by atoms with Crippen molar-refractivity contribution in [2.75, 3.05) is 0 Å². The maximum Gasteiger partial charge on any atom is 0.0504 e. The summed E-state index contributed by atoms with van der Waals surface area (Å²) in [7, 11) is 0. The highest BCUT2D eigenvalue weighted by Crippen LogP contribution is 2.57. The number of aliphatic imine (C=N–C) groups is 1. The number of hydrogen-bond acceptors (Lipinski definition) is 1. The second-order valence-corrected chi connectivity index (χ2v) is 13.6. The van der Waals surface area contributed by atoms with Crippen LogP contribution in [0.1, 0.15) is 41.2 Å². The minimum atomic E-state index is -0.337. The molecule has 0 bridgehead atoms. The highest BCUT2D eigenvalue weighted by atomic mass is 14.7. The molecule has 6 aromatic carbocycles. The Labute approximate surface area is 302 Å². The molecule has 0 saturated heterocycles. The van der Waals surface area contributed by atoms with E-state index in [1.165, 1.54) is 72.3 Å². The van der Waals surface area contributed by atoms with E-state index in [9.17, 15) is 0 Å². The molecule has 6 aromatic rings. The zero-order valence-electron chi connectivity index (χ0n) is 29.0. The first-order valence-corrected chi connectivity index (χ1v) is 17.9. The molecule has 8 rings (SSSR count). The first-order chi connectivity index (χ1) is 25.2. The van der Waals surface area contributed by atoms with Crippen molar-refractivity contribution >= 4 is 11.8 Å². The van der Waals surface area contributed by atoms with Gasteiger partial charge in [0.15, 0.2) is 0 Å². The van der Waals surface area contributed by atoms with Gasteiger partial charge in [-0.2, -0.15) is 0 Å². The minimum Gasteiger partial charge on any atom is -0.269 e. The Hall–Kier alpha value is -6.05. The lowest BCUT2D eigenvalue weighted by atomic mass is 9.63. The van der Waals surface area contributed by atoms with Gasteiger partial charge in [-0.1, -0.05) is 157 Å². The Bertz CT molecular complexity index is 2340. The van der Waals surface area contributed by atoms with E-state index in [0.29, 0.717) is 0 Å². The van der Waals surface area contributed by atoms with Crippen LogP contribution in [0.4, 0.5) is 0 Å². The molecule has 1 heterocycles. The number of allylic oxidation sites excluding steroid dienone is 5. The van der Waals surface area contributed by atoms with Crippen molar-refractivity contribution in [1.29, 1.82) is 0 Å². The molecule has 2 atom stereocenters. The fraction of sp³-hybridized carbons (Fsp3) is 0.100. The number of hydrogen-bond donors (Lipinski definition) is 0. The Morgan fingerprint density at radius 1 is 0.647 bits per heavy atom. The molecular weight excluding hydrogens is 615 g/mol. The highest BCUT2D eigenvalue weighted by molar-refractivity contribution is 5.89.